The fourth-order valence-corrected chi connectivity index (χ4v) is 2.61. The number of fused-ring (bicyclic) bond motifs is 1. The summed E-state index contributed by atoms with van der Waals surface area (Å²) >= 11 is 0. The second kappa shape index (κ2) is 7.26. The highest BCUT2D eigenvalue weighted by atomic mass is 16.2. The number of hydrogen-bond acceptors (Lipinski definition) is 5. The van der Waals surface area contributed by atoms with Gasteiger partial charge in [-0.3, -0.25) is 19.8 Å². The quantitative estimate of drug-likeness (QED) is 0.384. The zero-order valence-electron chi connectivity index (χ0n) is 13.2. The first-order valence-electron chi connectivity index (χ1n) is 7.76. The molecule has 8 heteroatoms. The predicted octanol–water partition coefficient (Wildman–Crippen LogP) is 1.07. The Kier molecular flexibility index (Phi) is 5.37. The van der Waals surface area contributed by atoms with Gasteiger partial charge in [0.15, 0.2) is 11.2 Å². The molecule has 2 rings (SSSR count). The number of nitrogens with zero attached hydrogens (tertiary/aromatic N) is 3. The lowest BCUT2D eigenvalue weighted by molar-refractivity contribution is 0.565. The third-order valence-corrected chi connectivity index (χ3v) is 3.87. The highest BCUT2D eigenvalue weighted by molar-refractivity contribution is 5.73. The van der Waals surface area contributed by atoms with Crippen LogP contribution in [0.25, 0.3) is 11.2 Å². The van der Waals surface area contributed by atoms with E-state index in [1.54, 1.807) is 11.6 Å². The number of H-pyrrole nitrogens is 1. The number of rotatable bonds is 8. The molecule has 22 heavy (non-hydrogen) atoms. The molecule has 0 aliphatic heterocycles. The molecule has 2 heterocycles. The van der Waals surface area contributed by atoms with Crippen molar-refractivity contribution in [2.75, 3.05) is 5.43 Å². The van der Waals surface area contributed by atoms with Crippen LogP contribution < -0.4 is 22.5 Å². The average Bonchev–Trinajstić information content (AvgIpc) is 2.88. The maximum absolute atomic E-state index is 12.1. The normalized spacial score (nSPS) is 11.2. The molecular weight excluding hydrogens is 284 g/mol. The van der Waals surface area contributed by atoms with E-state index in [9.17, 15) is 9.59 Å². The summed E-state index contributed by atoms with van der Waals surface area (Å²) in [6.45, 7) is 2.83. The fraction of sp³-hybridized carbons (Fsp3) is 0.643. The number of hydrogen-bond donors (Lipinski definition) is 3. The van der Waals surface area contributed by atoms with Crippen LogP contribution in [0.1, 0.15) is 45.4 Å². The van der Waals surface area contributed by atoms with Gasteiger partial charge in [-0.25, -0.2) is 10.6 Å². The van der Waals surface area contributed by atoms with Gasteiger partial charge in [0, 0.05) is 13.6 Å². The Labute approximate surface area is 128 Å². The topological polar surface area (TPSA) is 111 Å². The Bertz CT molecular complexity index is 742. The molecule has 0 fully saturated rings. The van der Waals surface area contributed by atoms with E-state index in [1.165, 1.54) is 30.3 Å². The van der Waals surface area contributed by atoms with E-state index in [-0.39, 0.29) is 0 Å². The van der Waals surface area contributed by atoms with Gasteiger partial charge < -0.3 is 4.57 Å². The Hall–Kier alpha value is -2.09. The molecule has 0 saturated heterocycles. The highest BCUT2D eigenvalue weighted by Crippen LogP contribution is 2.16. The molecule has 0 aliphatic rings. The summed E-state index contributed by atoms with van der Waals surface area (Å²) in [5.74, 6) is 5.89. The van der Waals surface area contributed by atoms with Crippen LogP contribution in [0.3, 0.4) is 0 Å². The molecule has 0 amide bonds. The lowest BCUT2D eigenvalue weighted by atomic mass is 10.1. The summed E-state index contributed by atoms with van der Waals surface area (Å²) in [4.78, 5) is 30.3. The smallest absolute Gasteiger partial charge is 0.303 e. The molecule has 4 N–H and O–H groups in total. The van der Waals surface area contributed by atoms with Crippen molar-refractivity contribution >= 4 is 17.1 Å². The van der Waals surface area contributed by atoms with Crippen LogP contribution in [0.4, 0.5) is 5.95 Å². The Balaban J connectivity index is 2.23. The Morgan fingerprint density at radius 1 is 1.18 bits per heavy atom. The number of aromatic nitrogens is 4. The van der Waals surface area contributed by atoms with E-state index in [0.717, 1.165) is 12.8 Å². The van der Waals surface area contributed by atoms with Gasteiger partial charge in [-0.15, -0.1) is 0 Å². The zero-order valence-corrected chi connectivity index (χ0v) is 13.2. The number of nitrogen functional groups attached to an aromatic ring is 1. The van der Waals surface area contributed by atoms with Gasteiger partial charge in [-0.05, 0) is 6.42 Å². The van der Waals surface area contributed by atoms with E-state index >= 15 is 0 Å². The number of imidazole rings is 1. The van der Waals surface area contributed by atoms with Crippen molar-refractivity contribution in [1.82, 2.24) is 19.1 Å². The second-order valence-electron chi connectivity index (χ2n) is 5.49. The van der Waals surface area contributed by atoms with Gasteiger partial charge in [-0.1, -0.05) is 39.0 Å². The molecule has 0 atom stereocenters. The van der Waals surface area contributed by atoms with E-state index in [0.29, 0.717) is 23.7 Å². The summed E-state index contributed by atoms with van der Waals surface area (Å²) in [7, 11) is 1.57. The van der Waals surface area contributed by atoms with Crippen LogP contribution in [0.15, 0.2) is 9.59 Å². The first kappa shape index (κ1) is 16.3. The van der Waals surface area contributed by atoms with Gasteiger partial charge >= 0.3 is 5.69 Å². The van der Waals surface area contributed by atoms with E-state index in [1.807, 2.05) is 0 Å². The minimum atomic E-state index is -0.481. The van der Waals surface area contributed by atoms with E-state index in [4.69, 9.17) is 5.84 Å². The zero-order chi connectivity index (χ0) is 16.1. The molecule has 2 aromatic rings. The van der Waals surface area contributed by atoms with Crippen molar-refractivity contribution in [3.8, 4) is 0 Å². The van der Waals surface area contributed by atoms with Crippen LogP contribution in [0.2, 0.25) is 0 Å². The Morgan fingerprint density at radius 2 is 1.86 bits per heavy atom. The molecule has 0 bridgehead atoms. The van der Waals surface area contributed by atoms with Gasteiger partial charge in [-0.2, -0.15) is 4.98 Å². The van der Waals surface area contributed by atoms with Crippen molar-refractivity contribution in [2.24, 2.45) is 12.9 Å². The SMILES string of the molecule is CCCCCCCCn1c(NN)nc2c1c(=O)[nH]c(=O)n2C. The minimum absolute atomic E-state index is 0.340. The summed E-state index contributed by atoms with van der Waals surface area (Å²) in [6, 6.07) is 0. The minimum Gasteiger partial charge on any atom is -0.303 e. The van der Waals surface area contributed by atoms with Crippen LogP contribution in [0.5, 0.6) is 0 Å². The van der Waals surface area contributed by atoms with Crippen molar-refractivity contribution in [1.29, 1.82) is 0 Å². The third kappa shape index (κ3) is 3.22. The van der Waals surface area contributed by atoms with Crippen molar-refractivity contribution in [3.05, 3.63) is 20.8 Å². The largest absolute Gasteiger partial charge is 0.329 e. The van der Waals surface area contributed by atoms with E-state index in [2.05, 4.69) is 22.3 Å². The van der Waals surface area contributed by atoms with Crippen LogP contribution in [-0.2, 0) is 13.6 Å². The highest BCUT2D eigenvalue weighted by Gasteiger charge is 2.16. The van der Waals surface area contributed by atoms with Gasteiger partial charge in [0.2, 0.25) is 5.95 Å². The molecule has 0 spiro atoms. The Morgan fingerprint density at radius 3 is 2.55 bits per heavy atom. The van der Waals surface area contributed by atoms with Gasteiger partial charge in [0.1, 0.15) is 0 Å². The van der Waals surface area contributed by atoms with Crippen LogP contribution in [-0.4, -0.2) is 19.1 Å². The summed E-state index contributed by atoms with van der Waals surface area (Å²) in [5.41, 5.74) is 2.31. The summed E-state index contributed by atoms with van der Waals surface area (Å²) in [5, 5.41) is 0. The number of hydrazine groups is 1. The van der Waals surface area contributed by atoms with Crippen LogP contribution in [0, 0.1) is 0 Å². The third-order valence-electron chi connectivity index (χ3n) is 3.87. The number of nitrogens with two attached hydrogens (primary N) is 1. The molecule has 8 nitrogen and oxygen atoms in total. The van der Waals surface area contributed by atoms with E-state index < -0.39 is 11.2 Å². The van der Waals surface area contributed by atoms with Crippen LogP contribution >= 0.6 is 0 Å². The lowest BCUT2D eigenvalue weighted by Crippen LogP contribution is -2.29. The number of unbranched alkanes of at least 4 members (excludes halogenated alkanes) is 5. The molecule has 2 aromatic heterocycles. The summed E-state index contributed by atoms with van der Waals surface area (Å²) in [6.07, 6.45) is 6.92. The summed E-state index contributed by atoms with van der Waals surface area (Å²) < 4.78 is 3.06. The standard InChI is InChI=1S/C14H24N6O2/c1-3-4-5-6-7-8-9-20-10-11(16-13(20)18-15)19(2)14(22)17-12(10)21/h3-9,15H2,1-2H3,(H,16,18)(H,17,21,22). The number of anilines is 1. The van der Waals surface area contributed by atoms with Gasteiger partial charge in [0.05, 0.1) is 0 Å². The maximum Gasteiger partial charge on any atom is 0.329 e. The number of aromatic amines is 1. The first-order valence-corrected chi connectivity index (χ1v) is 7.76. The monoisotopic (exact) mass is 308 g/mol. The molecule has 0 aliphatic carbocycles. The fourth-order valence-electron chi connectivity index (χ4n) is 2.61. The lowest BCUT2D eigenvalue weighted by Gasteiger charge is -2.07. The first-order chi connectivity index (χ1) is 10.6. The van der Waals surface area contributed by atoms with Crippen molar-refractivity contribution in [2.45, 2.75) is 52.0 Å². The van der Waals surface area contributed by atoms with Gasteiger partial charge in [0.25, 0.3) is 5.56 Å². The average molecular weight is 308 g/mol. The molecule has 0 saturated carbocycles. The number of nitrogens with one attached hydrogen (secondary N) is 2. The second-order valence-corrected chi connectivity index (χ2v) is 5.49. The molecular formula is C14H24N6O2. The molecule has 0 radical (unpaired) electrons. The number of aryl methyl sites for hydroxylation is 2. The van der Waals surface area contributed by atoms with Crippen molar-refractivity contribution < 1.29 is 0 Å². The molecule has 0 aromatic carbocycles. The maximum atomic E-state index is 12.1. The predicted molar refractivity (Wildman–Crippen MR) is 86.8 cm³/mol. The molecule has 122 valence electrons. The van der Waals surface area contributed by atoms with Crippen molar-refractivity contribution in [3.63, 3.8) is 0 Å². The molecule has 0 unspecified atom stereocenters.